The van der Waals surface area contributed by atoms with Crippen LogP contribution in [-0.4, -0.2) is 5.16 Å². The van der Waals surface area contributed by atoms with Gasteiger partial charge in [0.15, 0.2) is 0 Å². The Morgan fingerprint density at radius 2 is 1.93 bits per heavy atom. The van der Waals surface area contributed by atoms with Gasteiger partial charge in [-0.3, -0.25) is 0 Å². The van der Waals surface area contributed by atoms with Crippen molar-refractivity contribution in [2.45, 2.75) is 18.7 Å². The number of hydrogen-bond acceptors (Lipinski definition) is 3. The zero-order chi connectivity index (χ0) is 10.1. The first kappa shape index (κ1) is 9.34. The van der Waals surface area contributed by atoms with E-state index < -0.39 is 0 Å². The van der Waals surface area contributed by atoms with Crippen molar-refractivity contribution in [1.82, 2.24) is 5.16 Å². The zero-order valence-corrected chi connectivity index (χ0v) is 9.01. The van der Waals surface area contributed by atoms with E-state index in [0.717, 1.165) is 27.5 Å². The van der Waals surface area contributed by atoms with Gasteiger partial charge >= 0.3 is 0 Å². The van der Waals surface area contributed by atoms with E-state index in [0.29, 0.717) is 0 Å². The number of aromatic nitrogens is 1. The highest BCUT2D eigenvalue weighted by atomic mass is 32.1. The summed E-state index contributed by atoms with van der Waals surface area (Å²) in [5.41, 5.74) is 3.03. The molecular formula is C11H11NOS. The Hall–Kier alpha value is -1.22. The van der Waals surface area contributed by atoms with Crippen LogP contribution in [0.4, 0.5) is 0 Å². The molecule has 2 nitrogen and oxygen atoms in total. The van der Waals surface area contributed by atoms with Gasteiger partial charge in [-0.05, 0) is 19.9 Å². The molecule has 0 atom stereocenters. The standard InChI is InChI=1S/C11H11NOS/c1-7-11(8(2)13-12-7)9-5-3-4-6-10(9)14/h3-6,14H,1-2H3. The van der Waals surface area contributed by atoms with Crippen LogP contribution < -0.4 is 0 Å². The molecule has 14 heavy (non-hydrogen) atoms. The maximum atomic E-state index is 5.12. The summed E-state index contributed by atoms with van der Waals surface area (Å²) in [5, 5.41) is 3.92. The third-order valence-corrected chi connectivity index (χ3v) is 2.60. The van der Waals surface area contributed by atoms with Crippen LogP contribution in [0.25, 0.3) is 11.1 Å². The molecule has 2 aromatic rings. The van der Waals surface area contributed by atoms with Crippen molar-refractivity contribution in [1.29, 1.82) is 0 Å². The molecule has 0 saturated heterocycles. The van der Waals surface area contributed by atoms with E-state index in [2.05, 4.69) is 17.8 Å². The number of thiol groups is 1. The van der Waals surface area contributed by atoms with Crippen molar-refractivity contribution in [3.05, 3.63) is 35.7 Å². The summed E-state index contributed by atoms with van der Waals surface area (Å²) in [6.07, 6.45) is 0. The van der Waals surface area contributed by atoms with Gasteiger partial charge in [-0.1, -0.05) is 23.4 Å². The second-order valence-electron chi connectivity index (χ2n) is 3.22. The molecule has 0 aliphatic carbocycles. The van der Waals surface area contributed by atoms with Crippen molar-refractivity contribution in [2.75, 3.05) is 0 Å². The quantitative estimate of drug-likeness (QED) is 0.723. The molecule has 0 bridgehead atoms. The largest absolute Gasteiger partial charge is 0.361 e. The second kappa shape index (κ2) is 3.50. The molecule has 2 rings (SSSR count). The Labute approximate surface area is 88.3 Å². The fraction of sp³-hybridized carbons (Fsp3) is 0.182. The third kappa shape index (κ3) is 1.44. The van der Waals surface area contributed by atoms with Gasteiger partial charge in [0, 0.05) is 16.0 Å². The van der Waals surface area contributed by atoms with Gasteiger partial charge in [0.05, 0.1) is 5.69 Å². The molecule has 0 aliphatic heterocycles. The second-order valence-corrected chi connectivity index (χ2v) is 3.70. The van der Waals surface area contributed by atoms with Gasteiger partial charge in [-0.15, -0.1) is 12.6 Å². The Morgan fingerprint density at radius 1 is 1.21 bits per heavy atom. The Bertz CT molecular complexity index is 443. The SMILES string of the molecule is Cc1noc(C)c1-c1ccccc1S. The summed E-state index contributed by atoms with van der Waals surface area (Å²) in [5.74, 6) is 0.837. The van der Waals surface area contributed by atoms with Gasteiger partial charge in [-0.25, -0.2) is 0 Å². The summed E-state index contributed by atoms with van der Waals surface area (Å²) in [7, 11) is 0. The van der Waals surface area contributed by atoms with Gasteiger partial charge < -0.3 is 4.52 Å². The van der Waals surface area contributed by atoms with E-state index in [1.54, 1.807) is 0 Å². The molecule has 1 aromatic carbocycles. The van der Waals surface area contributed by atoms with Crippen LogP contribution in [0.3, 0.4) is 0 Å². The minimum atomic E-state index is 0.837. The van der Waals surface area contributed by atoms with Crippen LogP contribution in [0.15, 0.2) is 33.7 Å². The van der Waals surface area contributed by atoms with Crippen molar-refractivity contribution < 1.29 is 4.52 Å². The molecule has 0 radical (unpaired) electrons. The van der Waals surface area contributed by atoms with Crippen LogP contribution >= 0.6 is 12.6 Å². The third-order valence-electron chi connectivity index (χ3n) is 2.21. The monoisotopic (exact) mass is 205 g/mol. The number of benzene rings is 1. The predicted molar refractivity (Wildman–Crippen MR) is 58.7 cm³/mol. The topological polar surface area (TPSA) is 26.0 Å². The lowest BCUT2D eigenvalue weighted by Crippen LogP contribution is -1.83. The molecule has 1 heterocycles. The Morgan fingerprint density at radius 3 is 2.50 bits per heavy atom. The molecule has 0 fully saturated rings. The van der Waals surface area contributed by atoms with Crippen LogP contribution in [0, 0.1) is 13.8 Å². The summed E-state index contributed by atoms with van der Waals surface area (Å²) in [6, 6.07) is 7.93. The van der Waals surface area contributed by atoms with E-state index in [-0.39, 0.29) is 0 Å². The number of aryl methyl sites for hydroxylation is 2. The molecular weight excluding hydrogens is 194 g/mol. The van der Waals surface area contributed by atoms with Crippen molar-refractivity contribution in [3.8, 4) is 11.1 Å². The maximum absolute atomic E-state index is 5.12. The highest BCUT2D eigenvalue weighted by molar-refractivity contribution is 7.80. The summed E-state index contributed by atoms with van der Waals surface area (Å²) < 4.78 is 5.12. The minimum Gasteiger partial charge on any atom is -0.361 e. The van der Waals surface area contributed by atoms with Crippen molar-refractivity contribution >= 4 is 12.6 Å². The average Bonchev–Trinajstić information content (AvgIpc) is 2.48. The van der Waals surface area contributed by atoms with Gasteiger partial charge in [0.1, 0.15) is 5.76 Å². The number of rotatable bonds is 1. The van der Waals surface area contributed by atoms with Gasteiger partial charge in [-0.2, -0.15) is 0 Å². The molecule has 0 aliphatic rings. The first-order valence-corrected chi connectivity index (χ1v) is 4.86. The van der Waals surface area contributed by atoms with E-state index in [1.165, 1.54) is 0 Å². The molecule has 1 aromatic heterocycles. The fourth-order valence-corrected chi connectivity index (χ4v) is 1.82. The Kier molecular flexibility index (Phi) is 2.33. The summed E-state index contributed by atoms with van der Waals surface area (Å²) in [6.45, 7) is 3.85. The van der Waals surface area contributed by atoms with Crippen LogP contribution in [0.5, 0.6) is 0 Å². The zero-order valence-electron chi connectivity index (χ0n) is 8.11. The normalized spacial score (nSPS) is 10.5. The molecule has 0 amide bonds. The highest BCUT2D eigenvalue weighted by Crippen LogP contribution is 2.31. The number of nitrogens with zero attached hydrogens (tertiary/aromatic N) is 1. The van der Waals surface area contributed by atoms with Crippen LogP contribution in [0.1, 0.15) is 11.5 Å². The predicted octanol–water partition coefficient (Wildman–Crippen LogP) is 3.25. The molecule has 0 unspecified atom stereocenters. The molecule has 72 valence electrons. The van der Waals surface area contributed by atoms with Gasteiger partial charge in [0.2, 0.25) is 0 Å². The summed E-state index contributed by atoms with van der Waals surface area (Å²) >= 11 is 4.41. The lowest BCUT2D eigenvalue weighted by Gasteiger charge is -2.02. The fourth-order valence-electron chi connectivity index (χ4n) is 1.55. The van der Waals surface area contributed by atoms with E-state index in [4.69, 9.17) is 4.52 Å². The minimum absolute atomic E-state index is 0.837. The van der Waals surface area contributed by atoms with E-state index in [1.807, 2.05) is 38.1 Å². The first-order chi connectivity index (χ1) is 6.70. The lowest BCUT2D eigenvalue weighted by molar-refractivity contribution is 0.393. The molecule has 0 N–H and O–H groups in total. The van der Waals surface area contributed by atoms with Crippen molar-refractivity contribution in [3.63, 3.8) is 0 Å². The smallest absolute Gasteiger partial charge is 0.141 e. The van der Waals surface area contributed by atoms with E-state index in [9.17, 15) is 0 Å². The molecule has 3 heteroatoms. The van der Waals surface area contributed by atoms with Crippen LogP contribution in [-0.2, 0) is 0 Å². The summed E-state index contributed by atoms with van der Waals surface area (Å²) in [4.78, 5) is 0.946. The number of hydrogen-bond donors (Lipinski definition) is 1. The van der Waals surface area contributed by atoms with Gasteiger partial charge in [0.25, 0.3) is 0 Å². The van der Waals surface area contributed by atoms with E-state index >= 15 is 0 Å². The molecule has 0 saturated carbocycles. The lowest BCUT2D eigenvalue weighted by atomic mass is 10.0. The first-order valence-electron chi connectivity index (χ1n) is 4.41. The average molecular weight is 205 g/mol. The maximum Gasteiger partial charge on any atom is 0.141 e. The van der Waals surface area contributed by atoms with Crippen molar-refractivity contribution in [2.24, 2.45) is 0 Å². The highest BCUT2D eigenvalue weighted by Gasteiger charge is 2.12. The Balaban J connectivity index is 2.66. The molecule has 0 spiro atoms. The van der Waals surface area contributed by atoms with Crippen LogP contribution in [0.2, 0.25) is 0 Å².